The Bertz CT molecular complexity index is 250. The van der Waals surface area contributed by atoms with E-state index in [1.807, 2.05) is 0 Å². The van der Waals surface area contributed by atoms with Crippen LogP contribution in [0.4, 0.5) is 0 Å². The Kier molecular flexibility index (Phi) is 6.15. The standard InChI is InChI=1S/C17H34N2/c1-4-7-16-8-5-6-11-19(16)17-10-9-15(17)13-18-12-14(2)3/h14-18H,4-13H2,1-3H3. The lowest BCUT2D eigenvalue weighted by atomic mass is 9.76. The van der Waals surface area contributed by atoms with Gasteiger partial charge in [0.25, 0.3) is 0 Å². The van der Waals surface area contributed by atoms with Crippen LogP contribution in [0.5, 0.6) is 0 Å². The van der Waals surface area contributed by atoms with Crippen LogP contribution in [0.1, 0.15) is 65.7 Å². The zero-order valence-electron chi connectivity index (χ0n) is 13.3. The molecular formula is C17H34N2. The summed E-state index contributed by atoms with van der Waals surface area (Å²) in [6, 6.07) is 1.80. The van der Waals surface area contributed by atoms with E-state index in [9.17, 15) is 0 Å². The molecule has 1 aliphatic heterocycles. The van der Waals surface area contributed by atoms with Gasteiger partial charge in [0.1, 0.15) is 0 Å². The van der Waals surface area contributed by atoms with Crippen molar-refractivity contribution >= 4 is 0 Å². The summed E-state index contributed by atoms with van der Waals surface area (Å²) in [6.07, 6.45) is 10.0. The summed E-state index contributed by atoms with van der Waals surface area (Å²) in [5, 5.41) is 3.68. The first-order valence-electron chi connectivity index (χ1n) is 8.68. The Morgan fingerprint density at radius 1 is 1.16 bits per heavy atom. The van der Waals surface area contributed by atoms with Crippen molar-refractivity contribution in [3.63, 3.8) is 0 Å². The van der Waals surface area contributed by atoms with Crippen LogP contribution in [-0.2, 0) is 0 Å². The first kappa shape index (κ1) is 15.3. The molecule has 1 saturated carbocycles. The summed E-state index contributed by atoms with van der Waals surface area (Å²) < 4.78 is 0. The molecule has 3 atom stereocenters. The van der Waals surface area contributed by atoms with E-state index < -0.39 is 0 Å². The van der Waals surface area contributed by atoms with Crippen molar-refractivity contribution in [1.29, 1.82) is 0 Å². The second kappa shape index (κ2) is 7.64. The van der Waals surface area contributed by atoms with E-state index in [1.54, 1.807) is 0 Å². The molecule has 2 heteroatoms. The molecule has 0 amide bonds. The third-order valence-corrected chi connectivity index (χ3v) is 5.06. The van der Waals surface area contributed by atoms with E-state index in [-0.39, 0.29) is 0 Å². The molecule has 2 rings (SSSR count). The third-order valence-electron chi connectivity index (χ3n) is 5.06. The average Bonchev–Trinajstić information content (AvgIpc) is 2.35. The van der Waals surface area contributed by atoms with Crippen LogP contribution in [0.15, 0.2) is 0 Å². The zero-order chi connectivity index (χ0) is 13.7. The second-order valence-corrected chi connectivity index (χ2v) is 7.13. The smallest absolute Gasteiger partial charge is 0.0139 e. The largest absolute Gasteiger partial charge is 0.316 e. The van der Waals surface area contributed by atoms with Gasteiger partial charge in [-0.3, -0.25) is 4.90 Å². The molecule has 0 bridgehead atoms. The summed E-state index contributed by atoms with van der Waals surface area (Å²) in [4.78, 5) is 2.89. The number of nitrogens with zero attached hydrogens (tertiary/aromatic N) is 1. The maximum Gasteiger partial charge on any atom is 0.0139 e. The van der Waals surface area contributed by atoms with Crippen LogP contribution in [0.25, 0.3) is 0 Å². The van der Waals surface area contributed by atoms with E-state index in [1.165, 1.54) is 64.6 Å². The van der Waals surface area contributed by atoms with E-state index in [0.717, 1.165) is 23.9 Å². The number of nitrogens with one attached hydrogen (secondary N) is 1. The quantitative estimate of drug-likeness (QED) is 0.756. The molecule has 19 heavy (non-hydrogen) atoms. The minimum atomic E-state index is 0.779. The molecular weight excluding hydrogens is 232 g/mol. The molecule has 112 valence electrons. The fourth-order valence-corrected chi connectivity index (χ4v) is 3.89. The lowest BCUT2D eigenvalue weighted by Crippen LogP contribution is -2.55. The highest BCUT2D eigenvalue weighted by Crippen LogP contribution is 2.36. The SMILES string of the molecule is CCCC1CCCCN1C1CCC1CNCC(C)C. The Hall–Kier alpha value is -0.0800. The maximum atomic E-state index is 3.68. The highest BCUT2D eigenvalue weighted by Gasteiger charge is 2.38. The zero-order valence-corrected chi connectivity index (χ0v) is 13.3. The molecule has 1 aliphatic carbocycles. The fraction of sp³-hybridized carbons (Fsp3) is 1.00. The molecule has 0 aromatic heterocycles. The van der Waals surface area contributed by atoms with Gasteiger partial charge >= 0.3 is 0 Å². The Morgan fingerprint density at radius 2 is 2.00 bits per heavy atom. The average molecular weight is 266 g/mol. The van der Waals surface area contributed by atoms with Gasteiger partial charge in [0, 0.05) is 12.1 Å². The summed E-state index contributed by atoms with van der Waals surface area (Å²) in [7, 11) is 0. The van der Waals surface area contributed by atoms with E-state index in [2.05, 4.69) is 31.0 Å². The molecule has 0 aromatic rings. The van der Waals surface area contributed by atoms with Crippen molar-refractivity contribution in [2.75, 3.05) is 19.6 Å². The van der Waals surface area contributed by atoms with Gasteiger partial charge in [-0.15, -0.1) is 0 Å². The minimum absolute atomic E-state index is 0.779. The van der Waals surface area contributed by atoms with Crippen molar-refractivity contribution in [1.82, 2.24) is 10.2 Å². The molecule has 0 spiro atoms. The van der Waals surface area contributed by atoms with E-state index in [4.69, 9.17) is 0 Å². The number of likely N-dealkylation sites (tertiary alicyclic amines) is 1. The summed E-state index contributed by atoms with van der Waals surface area (Å²) >= 11 is 0. The molecule has 2 nitrogen and oxygen atoms in total. The number of hydrogen-bond acceptors (Lipinski definition) is 2. The number of piperidine rings is 1. The van der Waals surface area contributed by atoms with Gasteiger partial charge < -0.3 is 5.32 Å². The summed E-state index contributed by atoms with van der Waals surface area (Å²) in [5.41, 5.74) is 0. The molecule has 2 fully saturated rings. The van der Waals surface area contributed by atoms with E-state index >= 15 is 0 Å². The van der Waals surface area contributed by atoms with Gasteiger partial charge in [-0.2, -0.15) is 0 Å². The molecule has 0 radical (unpaired) electrons. The molecule has 3 unspecified atom stereocenters. The molecule has 0 aromatic carbocycles. The number of rotatable bonds is 7. The monoisotopic (exact) mass is 266 g/mol. The van der Waals surface area contributed by atoms with Crippen molar-refractivity contribution in [3.05, 3.63) is 0 Å². The van der Waals surface area contributed by atoms with Crippen molar-refractivity contribution in [3.8, 4) is 0 Å². The van der Waals surface area contributed by atoms with Crippen LogP contribution in [0.2, 0.25) is 0 Å². The molecule has 1 heterocycles. The molecule has 1 saturated heterocycles. The predicted molar refractivity (Wildman–Crippen MR) is 83.5 cm³/mol. The van der Waals surface area contributed by atoms with Crippen LogP contribution in [-0.4, -0.2) is 36.6 Å². The maximum absolute atomic E-state index is 3.68. The molecule has 1 N–H and O–H groups in total. The van der Waals surface area contributed by atoms with Gasteiger partial charge in [-0.25, -0.2) is 0 Å². The first-order chi connectivity index (χ1) is 9.22. The van der Waals surface area contributed by atoms with Crippen molar-refractivity contribution in [2.45, 2.75) is 77.8 Å². The van der Waals surface area contributed by atoms with Crippen molar-refractivity contribution in [2.24, 2.45) is 11.8 Å². The van der Waals surface area contributed by atoms with Gasteiger partial charge in [0.2, 0.25) is 0 Å². The van der Waals surface area contributed by atoms with Gasteiger partial charge in [-0.1, -0.05) is 33.6 Å². The topological polar surface area (TPSA) is 15.3 Å². The highest BCUT2D eigenvalue weighted by atomic mass is 15.2. The van der Waals surface area contributed by atoms with Crippen LogP contribution in [0, 0.1) is 11.8 Å². The normalized spacial score (nSPS) is 32.5. The Balaban J connectivity index is 1.79. The minimum Gasteiger partial charge on any atom is -0.316 e. The highest BCUT2D eigenvalue weighted by molar-refractivity contribution is 4.94. The lowest BCUT2D eigenvalue weighted by molar-refractivity contribution is 0.00417. The third kappa shape index (κ3) is 4.19. The lowest BCUT2D eigenvalue weighted by Gasteiger charge is -2.50. The second-order valence-electron chi connectivity index (χ2n) is 7.13. The first-order valence-corrected chi connectivity index (χ1v) is 8.68. The molecule has 2 aliphatic rings. The van der Waals surface area contributed by atoms with E-state index in [0.29, 0.717) is 0 Å². The van der Waals surface area contributed by atoms with Gasteiger partial charge in [-0.05, 0) is 63.6 Å². The van der Waals surface area contributed by atoms with Gasteiger partial charge in [0.05, 0.1) is 0 Å². The summed E-state index contributed by atoms with van der Waals surface area (Å²) in [5.74, 6) is 1.71. The van der Waals surface area contributed by atoms with Gasteiger partial charge in [0.15, 0.2) is 0 Å². The Labute approximate surface area is 120 Å². The van der Waals surface area contributed by atoms with Crippen LogP contribution >= 0.6 is 0 Å². The van der Waals surface area contributed by atoms with Crippen LogP contribution in [0.3, 0.4) is 0 Å². The fourth-order valence-electron chi connectivity index (χ4n) is 3.89. The Morgan fingerprint density at radius 3 is 2.63 bits per heavy atom. The van der Waals surface area contributed by atoms with Crippen LogP contribution < -0.4 is 5.32 Å². The number of hydrogen-bond donors (Lipinski definition) is 1. The van der Waals surface area contributed by atoms with Crippen molar-refractivity contribution < 1.29 is 0 Å². The summed E-state index contributed by atoms with van der Waals surface area (Å²) in [6.45, 7) is 10.7. The predicted octanol–water partition coefficient (Wildman–Crippen LogP) is 3.67.